The number of aldehydes is 1. The number of carbonyl (C=O) groups excluding carboxylic acids is 1. The lowest BCUT2D eigenvalue weighted by molar-refractivity contribution is 0.112. The van der Waals surface area contributed by atoms with E-state index in [9.17, 15) is 18.0 Å². The predicted molar refractivity (Wildman–Crippen MR) is 62.9 cm³/mol. The molecular weight excluding hydrogens is 271 g/mol. The van der Waals surface area contributed by atoms with Crippen LogP contribution in [0.1, 0.15) is 15.9 Å². The summed E-state index contributed by atoms with van der Waals surface area (Å²) in [5.74, 6) is -4.69. The highest BCUT2D eigenvalue weighted by Crippen LogP contribution is 2.28. The molecule has 0 amide bonds. The lowest BCUT2D eigenvalue weighted by Gasteiger charge is -2.08. The highest BCUT2D eigenvalue weighted by molar-refractivity contribution is 5.76. The summed E-state index contributed by atoms with van der Waals surface area (Å²) >= 11 is 0. The van der Waals surface area contributed by atoms with Crippen molar-refractivity contribution in [3.63, 3.8) is 0 Å². The van der Waals surface area contributed by atoms with Crippen LogP contribution in [0.4, 0.5) is 13.2 Å². The third-order valence-corrected chi connectivity index (χ3v) is 2.45. The van der Waals surface area contributed by atoms with Crippen molar-refractivity contribution >= 4 is 6.29 Å². The first-order valence-corrected chi connectivity index (χ1v) is 5.37. The van der Waals surface area contributed by atoms with Crippen LogP contribution in [0, 0.1) is 28.8 Å². The molecule has 100 valence electrons. The van der Waals surface area contributed by atoms with Crippen molar-refractivity contribution < 1.29 is 22.7 Å². The van der Waals surface area contributed by atoms with Crippen molar-refractivity contribution in [1.29, 1.82) is 5.26 Å². The van der Waals surface area contributed by atoms with Crippen LogP contribution in [0.15, 0.2) is 30.3 Å². The maximum absolute atomic E-state index is 13.0. The molecule has 0 spiro atoms. The molecule has 0 fully saturated rings. The van der Waals surface area contributed by atoms with Gasteiger partial charge in [-0.3, -0.25) is 4.79 Å². The SMILES string of the molecule is N#Cc1cc(C=O)ccc1Oc1cc(F)c(F)c(F)c1. The normalized spacial score (nSPS) is 9.90. The van der Waals surface area contributed by atoms with Gasteiger partial charge in [-0.2, -0.15) is 5.26 Å². The Balaban J connectivity index is 2.40. The zero-order chi connectivity index (χ0) is 14.7. The van der Waals surface area contributed by atoms with Gasteiger partial charge in [0.1, 0.15) is 23.9 Å². The summed E-state index contributed by atoms with van der Waals surface area (Å²) in [5, 5.41) is 8.92. The van der Waals surface area contributed by atoms with E-state index in [-0.39, 0.29) is 22.6 Å². The van der Waals surface area contributed by atoms with E-state index in [1.807, 2.05) is 0 Å². The van der Waals surface area contributed by atoms with Crippen molar-refractivity contribution in [2.24, 2.45) is 0 Å². The van der Waals surface area contributed by atoms with Gasteiger partial charge in [-0.25, -0.2) is 13.2 Å². The Morgan fingerprint density at radius 3 is 2.30 bits per heavy atom. The number of nitrogens with zero attached hydrogens (tertiary/aromatic N) is 1. The van der Waals surface area contributed by atoms with Crippen LogP contribution in [0.25, 0.3) is 0 Å². The third-order valence-electron chi connectivity index (χ3n) is 2.45. The Hall–Kier alpha value is -2.81. The van der Waals surface area contributed by atoms with E-state index < -0.39 is 17.5 Å². The molecule has 0 aromatic heterocycles. The van der Waals surface area contributed by atoms with Gasteiger partial charge in [0.25, 0.3) is 0 Å². The summed E-state index contributed by atoms with van der Waals surface area (Å²) in [5.41, 5.74) is 0.269. The molecule has 0 aliphatic rings. The first-order chi connectivity index (χ1) is 9.55. The van der Waals surface area contributed by atoms with E-state index in [1.54, 1.807) is 6.07 Å². The first kappa shape index (κ1) is 13.6. The second-order valence-electron chi connectivity index (χ2n) is 3.79. The average Bonchev–Trinajstić information content (AvgIpc) is 2.45. The molecule has 0 bridgehead atoms. The quantitative estimate of drug-likeness (QED) is 0.636. The molecule has 3 nitrogen and oxygen atoms in total. The smallest absolute Gasteiger partial charge is 0.194 e. The maximum atomic E-state index is 13.0. The molecule has 6 heteroatoms. The van der Waals surface area contributed by atoms with Crippen LogP contribution in [-0.2, 0) is 0 Å². The van der Waals surface area contributed by atoms with Gasteiger partial charge < -0.3 is 4.74 Å². The van der Waals surface area contributed by atoms with Crippen LogP contribution in [0.3, 0.4) is 0 Å². The molecule has 0 saturated heterocycles. The van der Waals surface area contributed by atoms with Crippen LogP contribution in [0.2, 0.25) is 0 Å². The Kier molecular flexibility index (Phi) is 3.71. The van der Waals surface area contributed by atoms with E-state index >= 15 is 0 Å². The molecule has 0 aliphatic heterocycles. The van der Waals surface area contributed by atoms with Crippen molar-refractivity contribution in [2.75, 3.05) is 0 Å². The highest BCUT2D eigenvalue weighted by Gasteiger charge is 2.13. The minimum Gasteiger partial charge on any atom is -0.456 e. The minimum absolute atomic E-state index is 0.00325. The fourth-order valence-corrected chi connectivity index (χ4v) is 1.52. The fourth-order valence-electron chi connectivity index (χ4n) is 1.52. The lowest BCUT2D eigenvalue weighted by atomic mass is 10.1. The number of ether oxygens (including phenoxy) is 1. The van der Waals surface area contributed by atoms with Gasteiger partial charge in [0.2, 0.25) is 0 Å². The van der Waals surface area contributed by atoms with E-state index in [4.69, 9.17) is 10.00 Å². The second kappa shape index (κ2) is 5.45. The predicted octanol–water partition coefficient (Wildman–Crippen LogP) is 3.58. The average molecular weight is 277 g/mol. The fraction of sp³-hybridized carbons (Fsp3) is 0. The van der Waals surface area contributed by atoms with Gasteiger partial charge >= 0.3 is 0 Å². The van der Waals surface area contributed by atoms with Gasteiger partial charge in [-0.1, -0.05) is 0 Å². The molecule has 0 saturated carbocycles. The van der Waals surface area contributed by atoms with Crippen molar-refractivity contribution in [2.45, 2.75) is 0 Å². The van der Waals surface area contributed by atoms with E-state index in [0.717, 1.165) is 0 Å². The maximum Gasteiger partial charge on any atom is 0.194 e. The number of benzene rings is 2. The molecule has 0 aliphatic carbocycles. The minimum atomic E-state index is -1.60. The van der Waals surface area contributed by atoms with E-state index in [1.165, 1.54) is 18.2 Å². The number of carbonyl (C=O) groups is 1. The number of nitriles is 1. The molecule has 0 heterocycles. The third kappa shape index (κ3) is 2.62. The van der Waals surface area contributed by atoms with Crippen LogP contribution in [0.5, 0.6) is 11.5 Å². The summed E-state index contributed by atoms with van der Waals surface area (Å²) < 4.78 is 44.0. The largest absolute Gasteiger partial charge is 0.456 e. The topological polar surface area (TPSA) is 50.1 Å². The molecule has 20 heavy (non-hydrogen) atoms. The lowest BCUT2D eigenvalue weighted by Crippen LogP contribution is -1.95. The van der Waals surface area contributed by atoms with E-state index in [2.05, 4.69) is 0 Å². The standard InChI is InChI=1S/C14H6F3NO2/c15-11-4-10(5-12(16)14(11)17)20-13-2-1-8(7-19)3-9(13)6-18/h1-5,7H. The Labute approximate surface area is 111 Å². The first-order valence-electron chi connectivity index (χ1n) is 5.37. The molecule has 2 rings (SSSR count). The van der Waals surface area contributed by atoms with E-state index in [0.29, 0.717) is 18.4 Å². The highest BCUT2D eigenvalue weighted by atomic mass is 19.2. The van der Waals surface area contributed by atoms with Crippen LogP contribution in [-0.4, -0.2) is 6.29 Å². The molecule has 0 atom stereocenters. The van der Waals surface area contributed by atoms with Gasteiger partial charge in [0, 0.05) is 17.7 Å². The van der Waals surface area contributed by atoms with Gasteiger partial charge in [-0.05, 0) is 18.2 Å². The summed E-state index contributed by atoms with van der Waals surface area (Å²) in [4.78, 5) is 10.6. The molecule has 2 aromatic rings. The number of hydrogen-bond donors (Lipinski definition) is 0. The molecule has 0 unspecified atom stereocenters. The molecule has 0 radical (unpaired) electrons. The number of halogens is 3. The number of rotatable bonds is 3. The summed E-state index contributed by atoms with van der Waals surface area (Å²) in [6.45, 7) is 0. The van der Waals surface area contributed by atoms with Crippen LogP contribution < -0.4 is 4.74 Å². The second-order valence-corrected chi connectivity index (χ2v) is 3.79. The van der Waals surface area contributed by atoms with Crippen molar-refractivity contribution in [1.82, 2.24) is 0 Å². The molecule has 2 aromatic carbocycles. The van der Waals surface area contributed by atoms with Gasteiger partial charge in [0.15, 0.2) is 17.5 Å². The summed E-state index contributed by atoms with van der Waals surface area (Å²) in [7, 11) is 0. The van der Waals surface area contributed by atoms with Crippen molar-refractivity contribution in [3.8, 4) is 17.6 Å². The molecular formula is C14H6F3NO2. The Bertz CT molecular complexity index is 700. The Morgan fingerprint density at radius 1 is 1.10 bits per heavy atom. The number of hydrogen-bond acceptors (Lipinski definition) is 3. The van der Waals surface area contributed by atoms with Crippen LogP contribution >= 0.6 is 0 Å². The Morgan fingerprint density at radius 2 is 1.75 bits per heavy atom. The summed E-state index contributed by atoms with van der Waals surface area (Å²) in [6.07, 6.45) is 0.544. The monoisotopic (exact) mass is 277 g/mol. The van der Waals surface area contributed by atoms with Gasteiger partial charge in [0.05, 0.1) is 5.56 Å². The zero-order valence-electron chi connectivity index (χ0n) is 9.86. The molecule has 0 N–H and O–H groups in total. The van der Waals surface area contributed by atoms with Crippen molar-refractivity contribution in [3.05, 3.63) is 58.9 Å². The van der Waals surface area contributed by atoms with Gasteiger partial charge in [-0.15, -0.1) is 0 Å². The summed E-state index contributed by atoms with van der Waals surface area (Å²) in [6, 6.07) is 7.05. The zero-order valence-corrected chi connectivity index (χ0v) is 9.86.